The summed E-state index contributed by atoms with van der Waals surface area (Å²) < 4.78 is 5.43. The van der Waals surface area contributed by atoms with Gasteiger partial charge < -0.3 is 9.84 Å². The second kappa shape index (κ2) is 6.37. The Hall–Kier alpha value is -1.72. The maximum atomic E-state index is 5.43. The van der Waals surface area contributed by atoms with Crippen molar-refractivity contribution in [2.75, 3.05) is 26.2 Å². The molecule has 1 aromatic carbocycles. The Labute approximate surface area is 125 Å². The van der Waals surface area contributed by atoms with Gasteiger partial charge in [-0.2, -0.15) is 4.98 Å². The summed E-state index contributed by atoms with van der Waals surface area (Å²) in [6.45, 7) is 8.37. The molecule has 1 aromatic heterocycles. The van der Waals surface area contributed by atoms with Crippen LogP contribution in [0.3, 0.4) is 0 Å². The summed E-state index contributed by atoms with van der Waals surface area (Å²) in [5, 5.41) is 7.53. The number of nitrogens with one attached hydrogen (secondary N) is 1. The van der Waals surface area contributed by atoms with E-state index in [-0.39, 0.29) is 6.04 Å². The molecule has 2 aromatic rings. The van der Waals surface area contributed by atoms with E-state index in [9.17, 15) is 0 Å². The molecule has 1 N–H and O–H groups in total. The summed E-state index contributed by atoms with van der Waals surface area (Å²) in [7, 11) is 0. The fraction of sp³-hybridized carbons (Fsp3) is 0.500. The summed E-state index contributed by atoms with van der Waals surface area (Å²) in [6, 6.07) is 8.52. The smallest absolute Gasteiger partial charge is 0.231 e. The number of aryl methyl sites for hydroxylation is 1. The second-order valence-corrected chi connectivity index (χ2v) is 5.61. The molecular weight excluding hydrogens is 264 g/mol. The summed E-state index contributed by atoms with van der Waals surface area (Å²) >= 11 is 0. The third kappa shape index (κ3) is 3.31. The van der Waals surface area contributed by atoms with Gasteiger partial charge in [-0.05, 0) is 25.0 Å². The fourth-order valence-electron chi connectivity index (χ4n) is 2.71. The minimum absolute atomic E-state index is 0.210. The highest BCUT2D eigenvalue weighted by atomic mass is 16.5. The summed E-state index contributed by atoms with van der Waals surface area (Å²) in [5.74, 6) is 1.49. The molecule has 1 aliphatic heterocycles. The minimum Gasteiger partial charge on any atom is -0.339 e. The third-order valence-corrected chi connectivity index (χ3v) is 4.16. The number of benzene rings is 1. The summed E-state index contributed by atoms with van der Waals surface area (Å²) in [6.07, 6.45) is 0.702. The fourth-order valence-corrected chi connectivity index (χ4v) is 2.71. The van der Waals surface area contributed by atoms with E-state index in [0.717, 1.165) is 32.0 Å². The minimum atomic E-state index is 0.210. The van der Waals surface area contributed by atoms with Crippen molar-refractivity contribution in [3.8, 4) is 0 Å². The van der Waals surface area contributed by atoms with Crippen LogP contribution >= 0.6 is 0 Å². The molecule has 0 saturated carbocycles. The monoisotopic (exact) mass is 286 g/mol. The van der Waals surface area contributed by atoms with Gasteiger partial charge in [-0.25, -0.2) is 0 Å². The van der Waals surface area contributed by atoms with Crippen LogP contribution in [0, 0.1) is 6.92 Å². The molecule has 112 valence electrons. The molecule has 5 nitrogen and oxygen atoms in total. The van der Waals surface area contributed by atoms with E-state index in [2.05, 4.69) is 46.3 Å². The Balaban J connectivity index is 1.69. The first-order chi connectivity index (χ1) is 10.2. The van der Waals surface area contributed by atoms with Crippen molar-refractivity contribution in [3.05, 3.63) is 47.1 Å². The normalized spacial score (nSPS) is 17.8. The molecule has 1 atom stereocenters. The Morgan fingerprint density at radius 3 is 2.81 bits per heavy atom. The number of hydrogen-bond donors (Lipinski definition) is 1. The van der Waals surface area contributed by atoms with Crippen molar-refractivity contribution < 1.29 is 4.52 Å². The zero-order valence-electron chi connectivity index (χ0n) is 12.7. The van der Waals surface area contributed by atoms with Crippen LogP contribution in [0.25, 0.3) is 0 Å². The van der Waals surface area contributed by atoms with Crippen molar-refractivity contribution in [1.29, 1.82) is 0 Å². The van der Waals surface area contributed by atoms with Gasteiger partial charge in [0.2, 0.25) is 5.89 Å². The zero-order chi connectivity index (χ0) is 14.7. The lowest BCUT2D eigenvalue weighted by Crippen LogP contribution is -2.44. The van der Waals surface area contributed by atoms with Gasteiger partial charge in [0.25, 0.3) is 0 Å². The lowest BCUT2D eigenvalue weighted by molar-refractivity contribution is 0.176. The van der Waals surface area contributed by atoms with Gasteiger partial charge in [-0.3, -0.25) is 4.90 Å². The predicted molar refractivity (Wildman–Crippen MR) is 81.1 cm³/mol. The van der Waals surface area contributed by atoms with Crippen LogP contribution in [0.5, 0.6) is 0 Å². The zero-order valence-corrected chi connectivity index (χ0v) is 12.7. The summed E-state index contributed by atoms with van der Waals surface area (Å²) in [4.78, 5) is 6.97. The molecule has 2 heterocycles. The van der Waals surface area contributed by atoms with Crippen LogP contribution in [-0.4, -0.2) is 41.2 Å². The molecule has 1 aliphatic rings. The molecule has 1 unspecified atom stereocenters. The standard InChI is InChI=1S/C16H22N4O/c1-12-5-3-4-6-14(12)11-15-18-16(19-21-15)13(2)20-9-7-17-8-10-20/h3-6,13,17H,7-11H2,1-2H3. The Kier molecular flexibility index (Phi) is 4.31. The molecule has 0 spiro atoms. The topological polar surface area (TPSA) is 54.2 Å². The quantitative estimate of drug-likeness (QED) is 0.931. The lowest BCUT2D eigenvalue weighted by Gasteiger charge is -2.30. The van der Waals surface area contributed by atoms with Gasteiger partial charge in [0.15, 0.2) is 5.82 Å². The molecule has 0 amide bonds. The van der Waals surface area contributed by atoms with Crippen molar-refractivity contribution in [2.24, 2.45) is 0 Å². The molecule has 3 rings (SSSR count). The van der Waals surface area contributed by atoms with Gasteiger partial charge in [-0.1, -0.05) is 29.4 Å². The molecule has 1 fully saturated rings. The van der Waals surface area contributed by atoms with E-state index >= 15 is 0 Å². The van der Waals surface area contributed by atoms with E-state index < -0.39 is 0 Å². The average Bonchev–Trinajstić information content (AvgIpc) is 2.98. The largest absolute Gasteiger partial charge is 0.339 e. The van der Waals surface area contributed by atoms with E-state index in [0.29, 0.717) is 12.3 Å². The maximum Gasteiger partial charge on any atom is 0.231 e. The number of nitrogens with zero attached hydrogens (tertiary/aromatic N) is 3. The highest BCUT2D eigenvalue weighted by Gasteiger charge is 2.22. The number of hydrogen-bond acceptors (Lipinski definition) is 5. The van der Waals surface area contributed by atoms with Crippen molar-refractivity contribution in [1.82, 2.24) is 20.4 Å². The van der Waals surface area contributed by atoms with Crippen molar-refractivity contribution in [2.45, 2.75) is 26.3 Å². The van der Waals surface area contributed by atoms with Gasteiger partial charge in [-0.15, -0.1) is 0 Å². The van der Waals surface area contributed by atoms with Crippen LogP contribution in [0.4, 0.5) is 0 Å². The SMILES string of the molecule is Cc1ccccc1Cc1nc(C(C)N2CCNCC2)no1. The second-order valence-electron chi connectivity index (χ2n) is 5.61. The van der Waals surface area contributed by atoms with E-state index in [1.165, 1.54) is 11.1 Å². The van der Waals surface area contributed by atoms with E-state index in [1.54, 1.807) is 0 Å². The van der Waals surface area contributed by atoms with Gasteiger partial charge in [0, 0.05) is 26.2 Å². The van der Waals surface area contributed by atoms with Gasteiger partial charge in [0.1, 0.15) is 0 Å². The maximum absolute atomic E-state index is 5.43. The van der Waals surface area contributed by atoms with Crippen LogP contribution in [0.2, 0.25) is 0 Å². The third-order valence-electron chi connectivity index (χ3n) is 4.16. The number of piperazine rings is 1. The molecule has 0 bridgehead atoms. The van der Waals surface area contributed by atoms with Crippen LogP contribution in [0.15, 0.2) is 28.8 Å². The van der Waals surface area contributed by atoms with Crippen LogP contribution in [0.1, 0.15) is 35.8 Å². The van der Waals surface area contributed by atoms with Crippen LogP contribution in [-0.2, 0) is 6.42 Å². The molecule has 5 heteroatoms. The summed E-state index contributed by atoms with van der Waals surface area (Å²) in [5.41, 5.74) is 2.50. The first-order valence-electron chi connectivity index (χ1n) is 7.56. The molecule has 1 saturated heterocycles. The van der Waals surface area contributed by atoms with Crippen molar-refractivity contribution in [3.63, 3.8) is 0 Å². The molecule has 21 heavy (non-hydrogen) atoms. The molecular formula is C16H22N4O. The first-order valence-corrected chi connectivity index (χ1v) is 7.56. The predicted octanol–water partition coefficient (Wildman–Crippen LogP) is 1.94. The lowest BCUT2D eigenvalue weighted by atomic mass is 10.1. The molecule has 0 aliphatic carbocycles. The Morgan fingerprint density at radius 2 is 2.05 bits per heavy atom. The highest BCUT2D eigenvalue weighted by Crippen LogP contribution is 2.19. The average molecular weight is 286 g/mol. The number of aromatic nitrogens is 2. The highest BCUT2D eigenvalue weighted by molar-refractivity contribution is 5.27. The van der Waals surface area contributed by atoms with Gasteiger partial charge in [0.05, 0.1) is 12.5 Å². The van der Waals surface area contributed by atoms with E-state index in [4.69, 9.17) is 4.52 Å². The Bertz CT molecular complexity index is 589. The number of rotatable bonds is 4. The molecule has 0 radical (unpaired) electrons. The Morgan fingerprint density at radius 1 is 1.29 bits per heavy atom. The van der Waals surface area contributed by atoms with Crippen LogP contribution < -0.4 is 5.32 Å². The van der Waals surface area contributed by atoms with E-state index in [1.807, 2.05) is 12.1 Å². The van der Waals surface area contributed by atoms with Gasteiger partial charge >= 0.3 is 0 Å². The first kappa shape index (κ1) is 14.2. The van der Waals surface area contributed by atoms with Crippen molar-refractivity contribution >= 4 is 0 Å².